The van der Waals surface area contributed by atoms with Gasteiger partial charge in [-0.3, -0.25) is 0 Å². The van der Waals surface area contributed by atoms with Crippen LogP contribution in [-0.4, -0.2) is 11.2 Å². The van der Waals surface area contributed by atoms with Gasteiger partial charge in [0.15, 0.2) is 0 Å². The molecule has 0 rings (SSSR count). The quantitative estimate of drug-likeness (QED) is 0.603. The van der Waals surface area contributed by atoms with Gasteiger partial charge in [0.2, 0.25) is 0 Å². The fourth-order valence-corrected chi connectivity index (χ4v) is 2.35. The summed E-state index contributed by atoms with van der Waals surface area (Å²) in [7, 11) is 0. The van der Waals surface area contributed by atoms with Crippen molar-refractivity contribution in [2.24, 2.45) is 11.8 Å². The van der Waals surface area contributed by atoms with Gasteiger partial charge in [0, 0.05) is 0 Å². The summed E-state index contributed by atoms with van der Waals surface area (Å²) in [4.78, 5) is 0. The molecule has 0 spiro atoms. The van der Waals surface area contributed by atoms with Crippen LogP contribution in [0.1, 0.15) is 72.6 Å². The van der Waals surface area contributed by atoms with E-state index in [0.29, 0.717) is 5.92 Å². The first-order valence-corrected chi connectivity index (χ1v) is 6.87. The van der Waals surface area contributed by atoms with E-state index in [-0.39, 0.29) is 6.10 Å². The van der Waals surface area contributed by atoms with Crippen LogP contribution in [-0.2, 0) is 0 Å². The van der Waals surface area contributed by atoms with E-state index in [1.165, 1.54) is 25.7 Å². The minimum Gasteiger partial charge on any atom is -0.393 e. The van der Waals surface area contributed by atoms with Crippen LogP contribution in [0.3, 0.4) is 0 Å². The Hall–Kier alpha value is -0.0400. The molecule has 0 aromatic rings. The largest absolute Gasteiger partial charge is 0.393 e. The highest BCUT2D eigenvalue weighted by Gasteiger charge is 2.19. The fraction of sp³-hybridized carbons (Fsp3) is 1.00. The molecular formula is C14H30O. The third kappa shape index (κ3) is 6.19. The second kappa shape index (κ2) is 9.21. The third-order valence-electron chi connectivity index (χ3n) is 3.71. The van der Waals surface area contributed by atoms with Crippen molar-refractivity contribution in [1.29, 1.82) is 0 Å². The highest BCUT2D eigenvalue weighted by atomic mass is 16.3. The van der Waals surface area contributed by atoms with E-state index >= 15 is 0 Å². The van der Waals surface area contributed by atoms with Gasteiger partial charge in [-0.1, -0.05) is 66.2 Å². The lowest BCUT2D eigenvalue weighted by Gasteiger charge is -2.24. The van der Waals surface area contributed by atoms with E-state index in [0.717, 1.165) is 25.2 Å². The van der Waals surface area contributed by atoms with Crippen LogP contribution in [0, 0.1) is 11.8 Å². The van der Waals surface area contributed by atoms with Crippen molar-refractivity contribution in [3.05, 3.63) is 0 Å². The van der Waals surface area contributed by atoms with Crippen LogP contribution < -0.4 is 0 Å². The van der Waals surface area contributed by atoms with Crippen LogP contribution in [0.5, 0.6) is 0 Å². The lowest BCUT2D eigenvalue weighted by molar-refractivity contribution is 0.0745. The summed E-state index contributed by atoms with van der Waals surface area (Å²) in [6, 6.07) is 0. The minimum absolute atomic E-state index is 0.0678. The Bertz CT molecular complexity index is 129. The van der Waals surface area contributed by atoms with Crippen molar-refractivity contribution in [3.8, 4) is 0 Å². The van der Waals surface area contributed by atoms with E-state index in [4.69, 9.17) is 0 Å². The normalized spacial score (nSPS) is 15.6. The van der Waals surface area contributed by atoms with Gasteiger partial charge in [0.05, 0.1) is 6.10 Å². The molecule has 0 heterocycles. The molecule has 0 aromatic carbocycles. The second-order valence-electron chi connectivity index (χ2n) is 4.80. The molecule has 0 aliphatic carbocycles. The van der Waals surface area contributed by atoms with E-state index in [2.05, 4.69) is 27.7 Å². The zero-order valence-corrected chi connectivity index (χ0v) is 11.1. The second-order valence-corrected chi connectivity index (χ2v) is 4.80. The average Bonchev–Trinajstić information content (AvgIpc) is 2.25. The minimum atomic E-state index is -0.0678. The summed E-state index contributed by atoms with van der Waals surface area (Å²) < 4.78 is 0. The summed E-state index contributed by atoms with van der Waals surface area (Å²) in [6.07, 6.45) is 8.28. The first kappa shape index (κ1) is 15.0. The number of aliphatic hydroxyl groups is 1. The number of hydrogen-bond acceptors (Lipinski definition) is 1. The van der Waals surface area contributed by atoms with Crippen LogP contribution in [0.2, 0.25) is 0 Å². The van der Waals surface area contributed by atoms with Gasteiger partial charge in [-0.15, -0.1) is 0 Å². The molecule has 2 atom stereocenters. The molecule has 0 bridgehead atoms. The highest BCUT2D eigenvalue weighted by molar-refractivity contribution is 4.70. The molecule has 0 radical (unpaired) electrons. The molecule has 2 unspecified atom stereocenters. The Morgan fingerprint density at radius 1 is 0.933 bits per heavy atom. The van der Waals surface area contributed by atoms with E-state index < -0.39 is 0 Å². The SMILES string of the molecule is CCCCC(CC)CC(O)C(CC)CC. The highest BCUT2D eigenvalue weighted by Crippen LogP contribution is 2.24. The van der Waals surface area contributed by atoms with Gasteiger partial charge >= 0.3 is 0 Å². The molecule has 15 heavy (non-hydrogen) atoms. The van der Waals surface area contributed by atoms with Crippen LogP contribution in [0.25, 0.3) is 0 Å². The van der Waals surface area contributed by atoms with Crippen molar-refractivity contribution in [2.45, 2.75) is 78.7 Å². The van der Waals surface area contributed by atoms with Crippen molar-refractivity contribution in [1.82, 2.24) is 0 Å². The summed E-state index contributed by atoms with van der Waals surface area (Å²) in [6.45, 7) is 8.86. The number of hydrogen-bond donors (Lipinski definition) is 1. The lowest BCUT2D eigenvalue weighted by atomic mass is 9.86. The Balaban J connectivity index is 3.92. The molecule has 0 amide bonds. The summed E-state index contributed by atoms with van der Waals surface area (Å²) in [5.74, 6) is 1.25. The Morgan fingerprint density at radius 3 is 1.93 bits per heavy atom. The van der Waals surface area contributed by atoms with Crippen LogP contribution >= 0.6 is 0 Å². The lowest BCUT2D eigenvalue weighted by Crippen LogP contribution is -2.22. The predicted molar refractivity (Wildman–Crippen MR) is 68.0 cm³/mol. The first-order chi connectivity index (χ1) is 7.19. The van der Waals surface area contributed by atoms with E-state index in [1.54, 1.807) is 0 Å². The molecule has 0 saturated carbocycles. The average molecular weight is 214 g/mol. The van der Waals surface area contributed by atoms with Gasteiger partial charge in [-0.2, -0.15) is 0 Å². The van der Waals surface area contributed by atoms with Gasteiger partial charge in [-0.05, 0) is 18.3 Å². The first-order valence-electron chi connectivity index (χ1n) is 6.87. The van der Waals surface area contributed by atoms with Crippen molar-refractivity contribution in [3.63, 3.8) is 0 Å². The third-order valence-corrected chi connectivity index (χ3v) is 3.71. The topological polar surface area (TPSA) is 20.2 Å². The smallest absolute Gasteiger partial charge is 0.0570 e. The molecule has 1 nitrogen and oxygen atoms in total. The molecule has 1 N–H and O–H groups in total. The molecule has 1 heteroatoms. The van der Waals surface area contributed by atoms with E-state index in [9.17, 15) is 5.11 Å². The van der Waals surface area contributed by atoms with Crippen LogP contribution in [0.15, 0.2) is 0 Å². The molecular weight excluding hydrogens is 184 g/mol. The van der Waals surface area contributed by atoms with Crippen LogP contribution in [0.4, 0.5) is 0 Å². The Morgan fingerprint density at radius 2 is 1.53 bits per heavy atom. The van der Waals surface area contributed by atoms with Crippen molar-refractivity contribution < 1.29 is 5.11 Å². The zero-order valence-electron chi connectivity index (χ0n) is 11.1. The summed E-state index contributed by atoms with van der Waals surface area (Å²) >= 11 is 0. The predicted octanol–water partition coefficient (Wildman–Crippen LogP) is 4.39. The molecule has 0 saturated heterocycles. The molecule has 0 aliphatic heterocycles. The standard InChI is InChI=1S/C14H30O/c1-5-9-10-12(6-2)11-14(15)13(7-3)8-4/h12-15H,5-11H2,1-4H3. The monoisotopic (exact) mass is 214 g/mol. The number of aliphatic hydroxyl groups excluding tert-OH is 1. The van der Waals surface area contributed by atoms with Gasteiger partial charge in [0.25, 0.3) is 0 Å². The fourth-order valence-electron chi connectivity index (χ4n) is 2.35. The number of unbranched alkanes of at least 4 members (excludes halogenated alkanes) is 1. The van der Waals surface area contributed by atoms with Gasteiger partial charge in [0.1, 0.15) is 0 Å². The summed E-state index contributed by atoms with van der Waals surface area (Å²) in [5.41, 5.74) is 0. The number of rotatable bonds is 9. The molecule has 0 aliphatic rings. The van der Waals surface area contributed by atoms with Crippen molar-refractivity contribution in [2.75, 3.05) is 0 Å². The zero-order chi connectivity index (χ0) is 11.7. The van der Waals surface area contributed by atoms with E-state index in [1.807, 2.05) is 0 Å². The Kier molecular flexibility index (Phi) is 9.18. The molecule has 0 fully saturated rings. The maximum absolute atomic E-state index is 10.1. The maximum atomic E-state index is 10.1. The molecule has 0 aromatic heterocycles. The summed E-state index contributed by atoms with van der Waals surface area (Å²) in [5, 5.41) is 10.1. The Labute approximate surface area is 96.3 Å². The van der Waals surface area contributed by atoms with Gasteiger partial charge in [-0.25, -0.2) is 0 Å². The van der Waals surface area contributed by atoms with Crippen molar-refractivity contribution >= 4 is 0 Å². The maximum Gasteiger partial charge on any atom is 0.0570 e. The molecule has 92 valence electrons. The van der Waals surface area contributed by atoms with Gasteiger partial charge < -0.3 is 5.11 Å².